The van der Waals surface area contributed by atoms with Crippen LogP contribution in [0.15, 0.2) is 4.42 Å². The molecule has 1 N–H and O–H groups in total. The van der Waals surface area contributed by atoms with Crippen LogP contribution in [0.1, 0.15) is 65.5 Å². The monoisotopic (exact) mass is 290 g/mol. The summed E-state index contributed by atoms with van der Waals surface area (Å²) in [7, 11) is 0. The normalized spacial score (nSPS) is 22.4. The highest BCUT2D eigenvalue weighted by Crippen LogP contribution is 2.38. The van der Waals surface area contributed by atoms with Gasteiger partial charge in [-0.15, -0.1) is 16.4 Å². The summed E-state index contributed by atoms with van der Waals surface area (Å²) in [6.45, 7) is 2.07. The maximum Gasteiger partial charge on any atom is 0.316 e. The second kappa shape index (κ2) is 4.84. The molecule has 2 aliphatic rings. The third kappa shape index (κ3) is 2.12. The molecule has 0 saturated heterocycles. The lowest BCUT2D eigenvalue weighted by Gasteiger charge is -2.22. The molecule has 4 rings (SSSR count). The zero-order chi connectivity index (χ0) is 13.5. The number of nitrogens with zero attached hydrogens (tertiary/aromatic N) is 3. The second-order valence-corrected chi connectivity index (χ2v) is 6.99. The summed E-state index contributed by atoms with van der Waals surface area (Å²) >= 11 is 1.81. The predicted octanol–water partition coefficient (Wildman–Crippen LogP) is 3.59. The summed E-state index contributed by atoms with van der Waals surface area (Å²) in [5.74, 6) is 1.28. The number of thiazole rings is 1. The van der Waals surface area contributed by atoms with Crippen molar-refractivity contribution >= 4 is 17.4 Å². The molecule has 0 aliphatic heterocycles. The van der Waals surface area contributed by atoms with Crippen molar-refractivity contribution in [2.45, 2.75) is 57.4 Å². The SMILES string of the molecule is Cc1nc2c(s1)CCC[C@@H]2Nc1nnc(C2CCC2)o1. The van der Waals surface area contributed by atoms with Gasteiger partial charge in [0.05, 0.1) is 16.7 Å². The Morgan fingerprint density at radius 2 is 2.10 bits per heavy atom. The standard InChI is InChI=1S/C14H18N4OS/c1-8-15-12-10(6-3-7-11(12)20-8)16-14-18-17-13(19-14)9-4-2-5-9/h9-10H,2-7H2,1H3,(H,16,18)/t10-/m0/s1. The van der Waals surface area contributed by atoms with Gasteiger partial charge in [-0.2, -0.15) is 0 Å². The zero-order valence-electron chi connectivity index (χ0n) is 11.6. The van der Waals surface area contributed by atoms with E-state index in [1.807, 2.05) is 11.3 Å². The lowest BCUT2D eigenvalue weighted by atomic mass is 9.85. The molecule has 1 saturated carbocycles. The first kappa shape index (κ1) is 12.3. The van der Waals surface area contributed by atoms with E-state index in [0.717, 1.165) is 23.7 Å². The third-order valence-electron chi connectivity index (χ3n) is 4.25. The van der Waals surface area contributed by atoms with E-state index in [1.54, 1.807) is 0 Å². The highest BCUT2D eigenvalue weighted by Gasteiger charge is 2.28. The quantitative estimate of drug-likeness (QED) is 0.935. The molecule has 0 aromatic carbocycles. The number of fused-ring (bicyclic) bond motifs is 1. The van der Waals surface area contributed by atoms with Gasteiger partial charge < -0.3 is 9.73 Å². The molecule has 106 valence electrons. The van der Waals surface area contributed by atoms with Gasteiger partial charge in [-0.25, -0.2) is 4.98 Å². The smallest absolute Gasteiger partial charge is 0.316 e. The first-order chi connectivity index (χ1) is 9.79. The summed E-state index contributed by atoms with van der Waals surface area (Å²) in [5, 5.41) is 12.8. The molecule has 5 nitrogen and oxygen atoms in total. The third-order valence-corrected chi connectivity index (χ3v) is 5.30. The molecule has 2 aromatic heterocycles. The molecular formula is C14H18N4OS. The van der Waals surface area contributed by atoms with Gasteiger partial charge >= 0.3 is 6.01 Å². The van der Waals surface area contributed by atoms with Crippen molar-refractivity contribution in [3.05, 3.63) is 21.5 Å². The van der Waals surface area contributed by atoms with Gasteiger partial charge in [0.25, 0.3) is 0 Å². The van der Waals surface area contributed by atoms with Gasteiger partial charge in [-0.05, 0) is 39.0 Å². The molecule has 0 unspecified atom stereocenters. The number of hydrogen-bond acceptors (Lipinski definition) is 6. The maximum absolute atomic E-state index is 5.75. The zero-order valence-corrected chi connectivity index (χ0v) is 12.4. The number of aryl methyl sites for hydroxylation is 2. The number of aromatic nitrogens is 3. The van der Waals surface area contributed by atoms with Gasteiger partial charge in [-0.1, -0.05) is 11.5 Å². The minimum atomic E-state index is 0.221. The van der Waals surface area contributed by atoms with Crippen LogP contribution < -0.4 is 5.32 Å². The summed E-state index contributed by atoms with van der Waals surface area (Å²) in [6, 6.07) is 0.772. The number of hydrogen-bond donors (Lipinski definition) is 1. The molecule has 0 bridgehead atoms. The molecular weight excluding hydrogens is 272 g/mol. The van der Waals surface area contributed by atoms with Crippen LogP contribution in [0, 0.1) is 6.92 Å². The highest BCUT2D eigenvalue weighted by molar-refractivity contribution is 7.11. The van der Waals surface area contributed by atoms with Crippen molar-refractivity contribution in [1.29, 1.82) is 0 Å². The lowest BCUT2D eigenvalue weighted by Crippen LogP contribution is -2.17. The van der Waals surface area contributed by atoms with Gasteiger partial charge in [0, 0.05) is 10.8 Å². The molecule has 2 heterocycles. The molecule has 0 radical (unpaired) electrons. The van der Waals surface area contributed by atoms with Crippen molar-refractivity contribution in [3.63, 3.8) is 0 Å². The van der Waals surface area contributed by atoms with E-state index in [2.05, 4.69) is 27.4 Å². The number of rotatable bonds is 3. The van der Waals surface area contributed by atoms with E-state index >= 15 is 0 Å². The Labute approximate surface area is 121 Å². The Hall–Kier alpha value is -1.43. The second-order valence-electron chi connectivity index (χ2n) is 5.70. The fraction of sp³-hybridized carbons (Fsp3) is 0.643. The summed E-state index contributed by atoms with van der Waals surface area (Å²) < 4.78 is 5.75. The van der Waals surface area contributed by atoms with E-state index in [0.29, 0.717) is 11.9 Å². The molecule has 20 heavy (non-hydrogen) atoms. The largest absolute Gasteiger partial charge is 0.408 e. The average Bonchev–Trinajstić information content (AvgIpc) is 2.94. The Bertz CT molecular complexity index is 616. The van der Waals surface area contributed by atoms with Crippen LogP contribution in [0.5, 0.6) is 0 Å². The van der Waals surface area contributed by atoms with E-state index < -0.39 is 0 Å². The maximum atomic E-state index is 5.75. The Kier molecular flexibility index (Phi) is 2.98. The average molecular weight is 290 g/mol. The fourth-order valence-corrected chi connectivity index (χ4v) is 3.98. The van der Waals surface area contributed by atoms with Crippen LogP contribution >= 0.6 is 11.3 Å². The molecule has 0 amide bonds. The van der Waals surface area contributed by atoms with Crippen LogP contribution in [0.25, 0.3) is 0 Å². The Morgan fingerprint density at radius 3 is 2.90 bits per heavy atom. The minimum Gasteiger partial charge on any atom is -0.408 e. The predicted molar refractivity (Wildman–Crippen MR) is 77.0 cm³/mol. The van der Waals surface area contributed by atoms with E-state index in [9.17, 15) is 0 Å². The van der Waals surface area contributed by atoms with Crippen molar-refractivity contribution in [3.8, 4) is 0 Å². The van der Waals surface area contributed by atoms with Gasteiger partial charge in [-0.3, -0.25) is 0 Å². The van der Waals surface area contributed by atoms with Gasteiger partial charge in [0.1, 0.15) is 0 Å². The Morgan fingerprint density at radius 1 is 1.20 bits per heavy atom. The van der Waals surface area contributed by atoms with E-state index in [4.69, 9.17) is 4.42 Å². The van der Waals surface area contributed by atoms with Crippen LogP contribution in [-0.4, -0.2) is 15.2 Å². The van der Waals surface area contributed by atoms with Crippen molar-refractivity contribution in [1.82, 2.24) is 15.2 Å². The molecule has 1 atom stereocenters. The fourth-order valence-electron chi connectivity index (χ4n) is 2.94. The van der Waals surface area contributed by atoms with Crippen LogP contribution in [-0.2, 0) is 6.42 Å². The molecule has 2 aliphatic carbocycles. The summed E-state index contributed by atoms with van der Waals surface area (Å²) in [6.07, 6.45) is 7.06. The van der Waals surface area contributed by atoms with Gasteiger partial charge in [0.2, 0.25) is 5.89 Å². The lowest BCUT2D eigenvalue weighted by molar-refractivity contribution is 0.337. The minimum absolute atomic E-state index is 0.221. The molecule has 2 aromatic rings. The summed E-state index contributed by atoms with van der Waals surface area (Å²) in [4.78, 5) is 6.07. The molecule has 0 spiro atoms. The van der Waals surface area contributed by atoms with Crippen molar-refractivity contribution in [2.75, 3.05) is 5.32 Å². The first-order valence-electron chi connectivity index (χ1n) is 7.36. The topological polar surface area (TPSA) is 63.8 Å². The molecule has 1 fully saturated rings. The van der Waals surface area contributed by atoms with Crippen LogP contribution in [0.4, 0.5) is 6.01 Å². The number of anilines is 1. The van der Waals surface area contributed by atoms with Gasteiger partial charge in [0.15, 0.2) is 0 Å². The van der Waals surface area contributed by atoms with Crippen molar-refractivity contribution in [2.24, 2.45) is 0 Å². The molecule has 6 heteroatoms. The van der Waals surface area contributed by atoms with E-state index in [-0.39, 0.29) is 6.04 Å². The van der Waals surface area contributed by atoms with E-state index in [1.165, 1.54) is 36.3 Å². The number of nitrogens with one attached hydrogen (secondary N) is 1. The van der Waals surface area contributed by atoms with Crippen LogP contribution in [0.2, 0.25) is 0 Å². The Balaban J connectivity index is 1.52. The summed E-state index contributed by atoms with van der Waals surface area (Å²) in [5.41, 5.74) is 1.18. The van der Waals surface area contributed by atoms with Crippen LogP contribution in [0.3, 0.4) is 0 Å². The first-order valence-corrected chi connectivity index (χ1v) is 8.17. The highest BCUT2D eigenvalue weighted by atomic mass is 32.1. The van der Waals surface area contributed by atoms with Crippen molar-refractivity contribution < 1.29 is 4.42 Å².